The molecule has 3 rings (SSSR count). The zero-order valence-electron chi connectivity index (χ0n) is 11.8. The van der Waals surface area contributed by atoms with Gasteiger partial charge in [0.1, 0.15) is 18.5 Å². The number of hydrogen-bond acceptors (Lipinski definition) is 4. The number of hydrogen-bond donors (Lipinski definition) is 1. The average molecular weight is 277 g/mol. The first-order valence-electron chi connectivity index (χ1n) is 7.42. The first-order chi connectivity index (χ1) is 9.76. The molecule has 0 saturated carbocycles. The van der Waals surface area contributed by atoms with Crippen molar-refractivity contribution >= 4 is 0 Å². The Balaban J connectivity index is 1.42. The van der Waals surface area contributed by atoms with E-state index in [-0.39, 0.29) is 0 Å². The highest BCUT2D eigenvalue weighted by Crippen LogP contribution is 2.38. The van der Waals surface area contributed by atoms with Crippen LogP contribution in [0.5, 0.6) is 5.75 Å². The van der Waals surface area contributed by atoms with Crippen molar-refractivity contribution in [2.75, 3.05) is 39.5 Å². The minimum Gasteiger partial charge on any atom is -0.491 e. The summed E-state index contributed by atoms with van der Waals surface area (Å²) in [5.41, 5.74) is 0.361. The molecule has 1 aromatic carbocycles. The van der Waals surface area contributed by atoms with E-state index in [1.807, 2.05) is 30.3 Å². The fraction of sp³-hybridized carbons (Fsp3) is 0.625. The molecule has 4 nitrogen and oxygen atoms in total. The summed E-state index contributed by atoms with van der Waals surface area (Å²) < 4.78 is 11.1. The summed E-state index contributed by atoms with van der Waals surface area (Å²) in [5.74, 6) is 0.814. The number of aliphatic hydroxyl groups excluding tert-OH is 1. The number of para-hydroxylation sites is 1. The Bertz CT molecular complexity index is 417. The van der Waals surface area contributed by atoms with E-state index in [9.17, 15) is 5.11 Å². The Morgan fingerprint density at radius 2 is 2.15 bits per heavy atom. The molecule has 110 valence electrons. The van der Waals surface area contributed by atoms with Gasteiger partial charge in [0.2, 0.25) is 0 Å². The van der Waals surface area contributed by atoms with Crippen LogP contribution in [0.2, 0.25) is 0 Å². The average Bonchev–Trinajstić information content (AvgIpc) is 3.09. The van der Waals surface area contributed by atoms with Gasteiger partial charge in [0, 0.05) is 25.1 Å². The lowest BCUT2D eigenvalue weighted by Gasteiger charge is -2.23. The number of β-amino-alcohol motifs (C(OH)–C–C–N with tert-alkyl or cyclic N) is 1. The van der Waals surface area contributed by atoms with Crippen LogP contribution < -0.4 is 4.74 Å². The maximum Gasteiger partial charge on any atom is 0.119 e. The molecular weight excluding hydrogens is 254 g/mol. The summed E-state index contributed by atoms with van der Waals surface area (Å²) in [6, 6.07) is 9.65. The first-order valence-corrected chi connectivity index (χ1v) is 7.42. The van der Waals surface area contributed by atoms with Gasteiger partial charge in [-0.2, -0.15) is 0 Å². The Morgan fingerprint density at radius 3 is 2.90 bits per heavy atom. The fourth-order valence-electron chi connectivity index (χ4n) is 3.21. The van der Waals surface area contributed by atoms with E-state index >= 15 is 0 Å². The molecule has 1 N–H and O–H groups in total. The van der Waals surface area contributed by atoms with Gasteiger partial charge >= 0.3 is 0 Å². The molecule has 0 radical (unpaired) electrons. The predicted molar refractivity (Wildman–Crippen MR) is 76.9 cm³/mol. The molecule has 2 fully saturated rings. The van der Waals surface area contributed by atoms with Gasteiger partial charge in [0.15, 0.2) is 0 Å². The normalized spacial score (nSPS) is 28.1. The smallest absolute Gasteiger partial charge is 0.119 e. The standard InChI is InChI=1S/C16H23NO3/c18-14(11-20-15-4-2-1-3-5-15)10-17-8-6-16(12-17)7-9-19-13-16/h1-5,14,18H,6-13H2. The van der Waals surface area contributed by atoms with Crippen LogP contribution in [0, 0.1) is 5.41 Å². The Morgan fingerprint density at radius 1 is 1.30 bits per heavy atom. The summed E-state index contributed by atoms with van der Waals surface area (Å²) in [7, 11) is 0. The number of nitrogens with zero attached hydrogens (tertiary/aromatic N) is 1. The zero-order chi connectivity index (χ0) is 13.8. The number of aliphatic hydroxyl groups is 1. The molecule has 1 spiro atoms. The van der Waals surface area contributed by atoms with E-state index in [0.29, 0.717) is 18.6 Å². The molecule has 2 saturated heterocycles. The molecule has 2 aliphatic heterocycles. The number of benzene rings is 1. The Kier molecular flexibility index (Phi) is 4.24. The van der Waals surface area contributed by atoms with Crippen LogP contribution in [0.1, 0.15) is 12.8 Å². The molecule has 2 aliphatic rings. The molecule has 0 aliphatic carbocycles. The molecule has 4 heteroatoms. The van der Waals surface area contributed by atoms with Crippen molar-refractivity contribution in [2.24, 2.45) is 5.41 Å². The lowest BCUT2D eigenvalue weighted by atomic mass is 9.87. The van der Waals surface area contributed by atoms with E-state index in [4.69, 9.17) is 9.47 Å². The van der Waals surface area contributed by atoms with Gasteiger partial charge in [-0.15, -0.1) is 0 Å². The van der Waals surface area contributed by atoms with Gasteiger partial charge in [0.05, 0.1) is 6.61 Å². The van der Waals surface area contributed by atoms with E-state index in [1.165, 1.54) is 12.8 Å². The minimum absolute atomic E-state index is 0.351. The molecule has 1 aromatic rings. The molecule has 0 bridgehead atoms. The molecule has 0 amide bonds. The van der Waals surface area contributed by atoms with Crippen LogP contribution in [-0.2, 0) is 4.74 Å². The predicted octanol–water partition coefficient (Wildman–Crippen LogP) is 1.54. The van der Waals surface area contributed by atoms with Crippen LogP contribution in [0.25, 0.3) is 0 Å². The lowest BCUT2D eigenvalue weighted by Crippen LogP contribution is -2.36. The zero-order valence-corrected chi connectivity index (χ0v) is 11.8. The molecule has 2 heterocycles. The Labute approximate surface area is 120 Å². The topological polar surface area (TPSA) is 41.9 Å². The van der Waals surface area contributed by atoms with Crippen LogP contribution in [0.3, 0.4) is 0 Å². The highest BCUT2D eigenvalue weighted by Gasteiger charge is 2.41. The number of rotatable bonds is 5. The summed E-state index contributed by atoms with van der Waals surface area (Å²) in [6.45, 7) is 4.94. The van der Waals surface area contributed by atoms with Crippen molar-refractivity contribution in [3.8, 4) is 5.75 Å². The summed E-state index contributed by atoms with van der Waals surface area (Å²) >= 11 is 0. The summed E-state index contributed by atoms with van der Waals surface area (Å²) in [6.07, 6.45) is 1.92. The summed E-state index contributed by atoms with van der Waals surface area (Å²) in [4.78, 5) is 2.34. The highest BCUT2D eigenvalue weighted by atomic mass is 16.5. The van der Waals surface area contributed by atoms with Crippen LogP contribution in [0.4, 0.5) is 0 Å². The quantitative estimate of drug-likeness (QED) is 0.886. The van der Waals surface area contributed by atoms with Gasteiger partial charge in [-0.1, -0.05) is 18.2 Å². The van der Waals surface area contributed by atoms with Gasteiger partial charge in [-0.3, -0.25) is 4.90 Å². The second kappa shape index (κ2) is 6.12. The van der Waals surface area contributed by atoms with Crippen molar-refractivity contribution in [1.29, 1.82) is 0 Å². The highest BCUT2D eigenvalue weighted by molar-refractivity contribution is 5.20. The first kappa shape index (κ1) is 13.9. The van der Waals surface area contributed by atoms with E-state index < -0.39 is 6.10 Å². The second-order valence-electron chi connectivity index (χ2n) is 6.07. The minimum atomic E-state index is -0.437. The third kappa shape index (κ3) is 3.32. The summed E-state index contributed by atoms with van der Waals surface area (Å²) in [5, 5.41) is 10.1. The van der Waals surface area contributed by atoms with Gasteiger partial charge in [0.25, 0.3) is 0 Å². The van der Waals surface area contributed by atoms with Crippen molar-refractivity contribution in [3.05, 3.63) is 30.3 Å². The maximum atomic E-state index is 10.1. The Hall–Kier alpha value is -1.10. The van der Waals surface area contributed by atoms with Gasteiger partial charge < -0.3 is 14.6 Å². The van der Waals surface area contributed by atoms with Crippen molar-refractivity contribution < 1.29 is 14.6 Å². The van der Waals surface area contributed by atoms with Gasteiger partial charge in [-0.05, 0) is 31.5 Å². The molecular formula is C16H23NO3. The third-order valence-corrected chi connectivity index (χ3v) is 4.36. The number of likely N-dealkylation sites (tertiary alicyclic amines) is 1. The van der Waals surface area contributed by atoms with E-state index in [2.05, 4.69) is 4.90 Å². The molecule has 20 heavy (non-hydrogen) atoms. The fourth-order valence-corrected chi connectivity index (χ4v) is 3.21. The van der Waals surface area contributed by atoms with Crippen LogP contribution in [0.15, 0.2) is 30.3 Å². The number of ether oxygens (including phenoxy) is 2. The van der Waals surface area contributed by atoms with Crippen LogP contribution in [-0.4, -0.2) is 55.6 Å². The van der Waals surface area contributed by atoms with Crippen molar-refractivity contribution in [3.63, 3.8) is 0 Å². The van der Waals surface area contributed by atoms with Crippen LogP contribution >= 0.6 is 0 Å². The SMILES string of the molecule is OC(COc1ccccc1)CN1CCC2(CCOC2)C1. The lowest BCUT2D eigenvalue weighted by molar-refractivity contribution is 0.0705. The van der Waals surface area contributed by atoms with E-state index in [1.54, 1.807) is 0 Å². The molecule has 2 atom stereocenters. The second-order valence-corrected chi connectivity index (χ2v) is 6.07. The third-order valence-electron chi connectivity index (χ3n) is 4.36. The molecule has 0 aromatic heterocycles. The van der Waals surface area contributed by atoms with E-state index in [0.717, 1.165) is 32.1 Å². The monoisotopic (exact) mass is 277 g/mol. The van der Waals surface area contributed by atoms with Crippen molar-refractivity contribution in [1.82, 2.24) is 4.90 Å². The van der Waals surface area contributed by atoms with Crippen molar-refractivity contribution in [2.45, 2.75) is 18.9 Å². The maximum absolute atomic E-state index is 10.1. The van der Waals surface area contributed by atoms with Gasteiger partial charge in [-0.25, -0.2) is 0 Å². The molecule has 2 unspecified atom stereocenters. The largest absolute Gasteiger partial charge is 0.491 e.